The number of sulfone groups is 1. The standard InChI is InChI=1S/C21H30N4O3S/c1-4-5-15-28-20-18(7-6-13-23-20)16-25-21(22-2)24-14-12-17-8-10-19(11-9-17)29(3,26)27/h6-11,13H,4-5,12,14-16H2,1-3H3,(H2,22,24,25). The molecule has 29 heavy (non-hydrogen) atoms. The molecule has 1 aromatic carbocycles. The Balaban J connectivity index is 1.83. The van der Waals surface area contributed by atoms with E-state index in [9.17, 15) is 8.42 Å². The van der Waals surface area contributed by atoms with Crippen LogP contribution in [0.4, 0.5) is 0 Å². The number of guanidine groups is 1. The van der Waals surface area contributed by atoms with Gasteiger partial charge < -0.3 is 15.4 Å². The van der Waals surface area contributed by atoms with Crippen molar-refractivity contribution in [2.45, 2.75) is 37.6 Å². The zero-order valence-corrected chi connectivity index (χ0v) is 18.1. The van der Waals surface area contributed by atoms with Crippen molar-refractivity contribution in [2.75, 3.05) is 26.5 Å². The fourth-order valence-electron chi connectivity index (χ4n) is 2.63. The molecule has 7 nitrogen and oxygen atoms in total. The summed E-state index contributed by atoms with van der Waals surface area (Å²) >= 11 is 0. The van der Waals surface area contributed by atoms with Gasteiger partial charge in [0.15, 0.2) is 15.8 Å². The van der Waals surface area contributed by atoms with E-state index in [-0.39, 0.29) is 0 Å². The third-order valence-corrected chi connectivity index (χ3v) is 5.44. The maximum Gasteiger partial charge on any atom is 0.218 e. The Hall–Kier alpha value is -2.61. The second-order valence-corrected chi connectivity index (χ2v) is 8.70. The lowest BCUT2D eigenvalue weighted by Gasteiger charge is -2.14. The van der Waals surface area contributed by atoms with Crippen molar-refractivity contribution in [2.24, 2.45) is 4.99 Å². The zero-order valence-electron chi connectivity index (χ0n) is 17.3. The number of ether oxygens (including phenoxy) is 1. The van der Waals surface area contributed by atoms with Gasteiger partial charge >= 0.3 is 0 Å². The first-order valence-corrected chi connectivity index (χ1v) is 11.6. The quantitative estimate of drug-likeness (QED) is 0.350. The van der Waals surface area contributed by atoms with Gasteiger partial charge in [0.25, 0.3) is 0 Å². The van der Waals surface area contributed by atoms with Crippen LogP contribution in [0.15, 0.2) is 52.5 Å². The lowest BCUT2D eigenvalue weighted by molar-refractivity contribution is 0.294. The molecule has 1 aromatic heterocycles. The van der Waals surface area contributed by atoms with E-state index in [1.54, 1.807) is 25.4 Å². The number of hydrogen-bond acceptors (Lipinski definition) is 5. The summed E-state index contributed by atoms with van der Waals surface area (Å²) in [5, 5.41) is 6.54. The molecule has 0 aliphatic carbocycles. The molecule has 1 heterocycles. The van der Waals surface area contributed by atoms with Gasteiger partial charge in [0.2, 0.25) is 5.88 Å². The molecule has 0 radical (unpaired) electrons. The highest BCUT2D eigenvalue weighted by atomic mass is 32.2. The average molecular weight is 419 g/mol. The van der Waals surface area contributed by atoms with Crippen LogP contribution in [-0.2, 0) is 22.8 Å². The number of pyridine rings is 1. The van der Waals surface area contributed by atoms with Crippen molar-refractivity contribution >= 4 is 15.8 Å². The first-order valence-electron chi connectivity index (χ1n) is 9.74. The summed E-state index contributed by atoms with van der Waals surface area (Å²) in [7, 11) is -1.44. The van der Waals surface area contributed by atoms with Crippen LogP contribution in [0.1, 0.15) is 30.9 Å². The van der Waals surface area contributed by atoms with E-state index in [0.717, 1.165) is 30.4 Å². The molecule has 2 rings (SSSR count). The SMILES string of the molecule is CCCCOc1ncccc1CNC(=NC)NCCc1ccc(S(C)(=O)=O)cc1. The zero-order chi connectivity index (χ0) is 21.1. The van der Waals surface area contributed by atoms with Crippen molar-refractivity contribution in [1.82, 2.24) is 15.6 Å². The van der Waals surface area contributed by atoms with Gasteiger partial charge in [0.05, 0.1) is 11.5 Å². The molecule has 0 spiro atoms. The number of rotatable bonds is 10. The van der Waals surface area contributed by atoms with Gasteiger partial charge in [0, 0.05) is 38.2 Å². The number of nitrogens with one attached hydrogen (secondary N) is 2. The highest BCUT2D eigenvalue weighted by molar-refractivity contribution is 7.90. The van der Waals surface area contributed by atoms with Crippen molar-refractivity contribution in [3.05, 3.63) is 53.7 Å². The van der Waals surface area contributed by atoms with Crippen LogP contribution in [0, 0.1) is 0 Å². The van der Waals surface area contributed by atoms with Crippen molar-refractivity contribution in [3.8, 4) is 5.88 Å². The van der Waals surface area contributed by atoms with Crippen molar-refractivity contribution in [3.63, 3.8) is 0 Å². The average Bonchev–Trinajstić information content (AvgIpc) is 2.71. The first-order chi connectivity index (χ1) is 13.9. The third kappa shape index (κ3) is 7.73. The fraction of sp³-hybridized carbons (Fsp3) is 0.429. The third-order valence-electron chi connectivity index (χ3n) is 4.31. The Morgan fingerprint density at radius 1 is 1.17 bits per heavy atom. The molecule has 0 unspecified atom stereocenters. The second kappa shape index (κ2) is 11.4. The number of unbranched alkanes of at least 4 members (excludes halogenated alkanes) is 1. The van der Waals surface area contributed by atoms with E-state index in [2.05, 4.69) is 27.5 Å². The van der Waals surface area contributed by atoms with Crippen LogP contribution in [0.25, 0.3) is 0 Å². The second-order valence-electron chi connectivity index (χ2n) is 6.69. The largest absolute Gasteiger partial charge is 0.477 e. The molecule has 0 bridgehead atoms. The fourth-order valence-corrected chi connectivity index (χ4v) is 3.26. The van der Waals surface area contributed by atoms with Gasteiger partial charge in [-0.2, -0.15) is 0 Å². The lowest BCUT2D eigenvalue weighted by Crippen LogP contribution is -2.38. The van der Waals surface area contributed by atoms with Crippen molar-refractivity contribution < 1.29 is 13.2 Å². The Morgan fingerprint density at radius 2 is 1.93 bits per heavy atom. The number of hydrogen-bond donors (Lipinski definition) is 2. The maximum atomic E-state index is 11.5. The van der Waals surface area contributed by atoms with Crippen LogP contribution in [-0.4, -0.2) is 45.8 Å². The Morgan fingerprint density at radius 3 is 2.59 bits per heavy atom. The van der Waals surface area contributed by atoms with E-state index in [1.807, 2.05) is 24.3 Å². The molecule has 0 aliphatic rings. The number of aromatic nitrogens is 1. The molecular weight excluding hydrogens is 388 g/mol. The van der Waals surface area contributed by atoms with Gasteiger partial charge in [-0.1, -0.05) is 31.5 Å². The van der Waals surface area contributed by atoms with E-state index in [1.165, 1.54) is 6.26 Å². The summed E-state index contributed by atoms with van der Waals surface area (Å²) in [5.74, 6) is 1.33. The summed E-state index contributed by atoms with van der Waals surface area (Å²) < 4.78 is 28.8. The predicted molar refractivity (Wildman–Crippen MR) is 116 cm³/mol. The van der Waals surface area contributed by atoms with E-state index < -0.39 is 9.84 Å². The van der Waals surface area contributed by atoms with Gasteiger partial charge in [-0.15, -0.1) is 0 Å². The number of nitrogens with zero attached hydrogens (tertiary/aromatic N) is 2. The first kappa shape index (κ1) is 22.7. The Labute approximate surface area is 173 Å². The molecule has 2 aromatic rings. The summed E-state index contributed by atoms with van der Waals surface area (Å²) in [6.07, 6.45) is 5.77. The predicted octanol–water partition coefficient (Wildman–Crippen LogP) is 2.57. The monoisotopic (exact) mass is 418 g/mol. The molecule has 0 atom stereocenters. The molecule has 0 aliphatic heterocycles. The van der Waals surface area contributed by atoms with Gasteiger partial charge in [0.1, 0.15) is 0 Å². The van der Waals surface area contributed by atoms with E-state index in [4.69, 9.17) is 4.74 Å². The van der Waals surface area contributed by atoms with Crippen LogP contribution in [0.2, 0.25) is 0 Å². The van der Waals surface area contributed by atoms with E-state index in [0.29, 0.717) is 36.4 Å². The highest BCUT2D eigenvalue weighted by Crippen LogP contribution is 2.14. The van der Waals surface area contributed by atoms with E-state index >= 15 is 0 Å². The molecule has 0 saturated heterocycles. The normalized spacial score (nSPS) is 11.9. The molecule has 8 heteroatoms. The smallest absolute Gasteiger partial charge is 0.218 e. The summed E-state index contributed by atoms with van der Waals surface area (Å²) in [6.45, 7) is 4.01. The van der Waals surface area contributed by atoms with Crippen LogP contribution < -0.4 is 15.4 Å². The van der Waals surface area contributed by atoms with Gasteiger partial charge in [-0.05, 0) is 36.6 Å². The van der Waals surface area contributed by atoms with Crippen LogP contribution in [0.5, 0.6) is 5.88 Å². The topological polar surface area (TPSA) is 92.7 Å². The summed E-state index contributed by atoms with van der Waals surface area (Å²) in [4.78, 5) is 8.89. The van der Waals surface area contributed by atoms with Crippen LogP contribution >= 0.6 is 0 Å². The Bertz CT molecular complexity index is 896. The summed E-state index contributed by atoms with van der Waals surface area (Å²) in [6, 6.07) is 10.8. The Kier molecular flexibility index (Phi) is 8.92. The van der Waals surface area contributed by atoms with Gasteiger partial charge in [-0.25, -0.2) is 13.4 Å². The lowest BCUT2D eigenvalue weighted by atomic mass is 10.1. The van der Waals surface area contributed by atoms with Crippen LogP contribution in [0.3, 0.4) is 0 Å². The minimum atomic E-state index is -3.16. The molecule has 0 saturated carbocycles. The minimum Gasteiger partial charge on any atom is -0.477 e. The number of benzene rings is 1. The molecule has 158 valence electrons. The molecular formula is C21H30N4O3S. The summed E-state index contributed by atoms with van der Waals surface area (Å²) in [5.41, 5.74) is 2.03. The minimum absolute atomic E-state index is 0.333. The molecule has 2 N–H and O–H groups in total. The molecule has 0 fully saturated rings. The van der Waals surface area contributed by atoms with Crippen molar-refractivity contribution in [1.29, 1.82) is 0 Å². The maximum absolute atomic E-state index is 11.5. The highest BCUT2D eigenvalue weighted by Gasteiger charge is 2.07. The number of aliphatic imine (C=N–C) groups is 1. The molecule has 0 amide bonds. The van der Waals surface area contributed by atoms with Gasteiger partial charge in [-0.3, -0.25) is 4.99 Å².